The van der Waals surface area contributed by atoms with Crippen molar-refractivity contribution >= 4 is 11.9 Å². The number of ether oxygens (including phenoxy) is 2. The van der Waals surface area contributed by atoms with Crippen LogP contribution in [0.4, 0.5) is 0 Å². The first-order chi connectivity index (χ1) is 39.0. The van der Waals surface area contributed by atoms with Crippen molar-refractivity contribution in [1.29, 1.82) is 0 Å². The summed E-state index contributed by atoms with van der Waals surface area (Å²) >= 11 is 0. The highest BCUT2D eigenvalue weighted by Crippen LogP contribution is 2.36. The molecule has 1 saturated heterocycles. The highest BCUT2D eigenvalue weighted by atomic mass is 16.7. The van der Waals surface area contributed by atoms with Gasteiger partial charge < -0.3 is 87.3 Å². The lowest BCUT2D eigenvalue weighted by Gasteiger charge is -2.39. The zero-order chi connectivity index (χ0) is 61.3. The van der Waals surface area contributed by atoms with Crippen molar-refractivity contribution in [3.63, 3.8) is 0 Å². The van der Waals surface area contributed by atoms with Gasteiger partial charge in [0.15, 0.2) is 11.7 Å². The Bertz CT molecular complexity index is 2170. The summed E-state index contributed by atoms with van der Waals surface area (Å²) in [4.78, 5) is 14.6. The van der Waals surface area contributed by atoms with Gasteiger partial charge in [-0.25, -0.2) is 4.79 Å². The van der Waals surface area contributed by atoms with Gasteiger partial charge in [0.2, 0.25) is 0 Å². The second-order valence-corrected chi connectivity index (χ2v) is 20.8. The first kappa shape index (κ1) is 74.8. The molecule has 1 heterocycles. The van der Waals surface area contributed by atoms with Crippen LogP contribution in [0.3, 0.4) is 0 Å². The maximum absolute atomic E-state index is 11.2. The van der Waals surface area contributed by atoms with Gasteiger partial charge in [-0.2, -0.15) is 0 Å². The van der Waals surface area contributed by atoms with Crippen LogP contribution in [-0.2, 0) is 14.3 Å². The fourth-order valence-electron chi connectivity index (χ4n) is 8.49. The highest BCUT2D eigenvalue weighted by molar-refractivity contribution is 5.86. The molecule has 0 aromatic carbocycles. The Hall–Kier alpha value is -5.20. The van der Waals surface area contributed by atoms with Gasteiger partial charge in [-0.15, -0.1) is 0 Å². The Morgan fingerprint density at radius 3 is 1.50 bits per heavy atom. The zero-order valence-corrected chi connectivity index (χ0v) is 48.3. The molecule has 0 aromatic heterocycles. The second kappa shape index (κ2) is 44.3. The predicted octanol–water partition coefficient (Wildman–Crippen LogP) is 4.63. The summed E-state index contributed by atoms with van der Waals surface area (Å²) in [6.45, 7) is 7.63. The molecule has 1 aliphatic rings. The minimum atomic E-state index is -1.60. The largest absolute Gasteiger partial charge is 0.478 e. The van der Waals surface area contributed by atoms with E-state index in [4.69, 9.17) is 26.0 Å². The van der Waals surface area contributed by atoms with Crippen molar-refractivity contribution in [2.45, 2.75) is 184 Å². The number of guanidine groups is 1. The van der Waals surface area contributed by atoms with Crippen molar-refractivity contribution in [2.24, 2.45) is 34.2 Å². The molecule has 0 bridgehead atoms. The van der Waals surface area contributed by atoms with Crippen LogP contribution in [0.15, 0.2) is 162 Å². The minimum Gasteiger partial charge on any atom is -0.478 e. The molecule has 0 aliphatic carbocycles. The lowest BCUT2D eigenvalue weighted by Crippen LogP contribution is -2.53. The number of aliphatic hydroxyl groups excluding tert-OH is 12. The molecule has 0 aromatic rings. The van der Waals surface area contributed by atoms with Gasteiger partial charge >= 0.3 is 5.97 Å². The summed E-state index contributed by atoms with van der Waals surface area (Å²) in [5, 5.41) is 135. The standard InChI is InChI=1S/C63H99N3O16/c1-45(26-18-14-10-9-11-15-19-27-46(2)61(79)80)60(78)47(3)57(75)35-20-16-12-7-5-6-8-13-17-21-36-58(76)48(4)63(81-38-39-82-63)59(77)44-55(73)33-24-32-53(71)43-56(74)42-52(70)31-23-30-50(68)40-49(67)28-22-29-51(69)41-54(72)34-25-37-66-62(64)65/h5-9,11-13,15-24,26-28,31,33,35-36,45,47-60,67-78H,10,14,25,29-30,32,34,37-44H2,1-4H3,(H,79,80)(H4,64,65,66)/b7-5+,8-6+,11-9+,16-12+,17-13+,19-15+,26-18+,28-22+,31-23+,33-24+,35-20+,36-21-,46-27+. The number of aliphatic carboxylic acids is 1. The van der Waals surface area contributed by atoms with Crippen LogP contribution in [0.2, 0.25) is 0 Å². The van der Waals surface area contributed by atoms with Gasteiger partial charge in [0.05, 0.1) is 80.4 Å². The molecular formula is C63H99N3O16. The Kier molecular flexibility index (Phi) is 40.5. The summed E-state index contributed by atoms with van der Waals surface area (Å²) in [6, 6.07) is 0. The molecule has 462 valence electrons. The van der Waals surface area contributed by atoms with E-state index < -0.39 is 96.8 Å². The summed E-state index contributed by atoms with van der Waals surface area (Å²) < 4.78 is 11.7. The van der Waals surface area contributed by atoms with Crippen LogP contribution in [0.25, 0.3) is 0 Å². The molecule has 0 radical (unpaired) electrons. The smallest absolute Gasteiger partial charge is 0.331 e. The molecule has 19 heteroatoms. The number of allylic oxidation sites excluding steroid dienone is 16. The molecule has 0 amide bonds. The first-order valence-corrected chi connectivity index (χ1v) is 28.4. The van der Waals surface area contributed by atoms with Gasteiger partial charge in [-0.3, -0.25) is 4.99 Å². The molecule has 0 saturated carbocycles. The predicted molar refractivity (Wildman–Crippen MR) is 321 cm³/mol. The molecular weight excluding hydrogens is 1050 g/mol. The lowest BCUT2D eigenvalue weighted by molar-refractivity contribution is -0.263. The van der Waals surface area contributed by atoms with Crippen LogP contribution in [0.1, 0.15) is 105 Å². The molecule has 1 fully saturated rings. The van der Waals surface area contributed by atoms with Gasteiger partial charge in [0, 0.05) is 49.1 Å². The third kappa shape index (κ3) is 35.1. The third-order valence-corrected chi connectivity index (χ3v) is 13.4. The summed E-state index contributed by atoms with van der Waals surface area (Å²) in [7, 11) is 0. The second-order valence-electron chi connectivity index (χ2n) is 20.8. The number of nitrogens with two attached hydrogens (primary N) is 2. The van der Waals surface area contributed by atoms with Crippen molar-refractivity contribution in [2.75, 3.05) is 19.8 Å². The number of carboxylic acid groups (broad SMARTS) is 1. The summed E-state index contributed by atoms with van der Waals surface area (Å²) in [5.41, 5.74) is 10.8. The van der Waals surface area contributed by atoms with Crippen LogP contribution in [0.5, 0.6) is 0 Å². The highest BCUT2D eigenvalue weighted by Gasteiger charge is 2.50. The fourth-order valence-corrected chi connectivity index (χ4v) is 8.49. The van der Waals surface area contributed by atoms with E-state index in [1.54, 1.807) is 80.7 Å². The lowest BCUT2D eigenvalue weighted by atomic mass is 9.87. The zero-order valence-electron chi connectivity index (χ0n) is 48.3. The maximum atomic E-state index is 11.2. The van der Waals surface area contributed by atoms with E-state index in [0.717, 1.165) is 12.8 Å². The molecule has 17 N–H and O–H groups in total. The topological polar surface area (TPSA) is 363 Å². The molecule has 1 rings (SSSR count). The minimum absolute atomic E-state index is 0.00400. The molecule has 15 atom stereocenters. The SMILES string of the molecule is C\C(=C/C=C/C=C/CC/C=C/C(C)C(O)C(C)C(O)/C=C/C=C/C=C/C=C/C=C/C=C\C(O)C(C)C1(C(O)CC(O)/C=C/CC(O)CC(O)CC(O)/C=C/CC(O)CC(O)/C=C/CC(O)CC(O)CCCN=C(N)N)OCCO1)C(=O)O. The Morgan fingerprint density at radius 1 is 0.524 bits per heavy atom. The summed E-state index contributed by atoms with van der Waals surface area (Å²) in [6.07, 6.45) is 33.4. The Morgan fingerprint density at radius 2 is 0.976 bits per heavy atom. The number of rotatable bonds is 43. The number of aliphatic hydroxyl groups is 12. The van der Waals surface area contributed by atoms with Crippen LogP contribution < -0.4 is 11.5 Å². The normalized spacial score (nSPS) is 20.7. The number of carboxylic acids is 1. The van der Waals surface area contributed by atoms with E-state index in [1.165, 1.54) is 49.5 Å². The van der Waals surface area contributed by atoms with E-state index in [0.29, 0.717) is 19.4 Å². The molecule has 82 heavy (non-hydrogen) atoms. The Balaban J connectivity index is 2.48. The van der Waals surface area contributed by atoms with E-state index >= 15 is 0 Å². The number of hydrogen-bond donors (Lipinski definition) is 15. The van der Waals surface area contributed by atoms with Gasteiger partial charge in [0.1, 0.15) is 6.10 Å². The van der Waals surface area contributed by atoms with Crippen molar-refractivity contribution < 1.29 is 80.7 Å². The average molecular weight is 1150 g/mol. The fraction of sp³-hybridized carbons (Fsp3) is 0.556. The van der Waals surface area contributed by atoms with Crippen LogP contribution >= 0.6 is 0 Å². The molecule has 0 spiro atoms. The molecule has 15 unspecified atom stereocenters. The van der Waals surface area contributed by atoms with E-state index in [-0.39, 0.29) is 82.0 Å². The van der Waals surface area contributed by atoms with E-state index in [1.807, 2.05) is 49.5 Å². The first-order valence-electron chi connectivity index (χ1n) is 28.4. The van der Waals surface area contributed by atoms with Crippen molar-refractivity contribution in [3.8, 4) is 0 Å². The number of carbonyl (C=O) groups is 1. The average Bonchev–Trinajstić information content (AvgIpc) is 4.16. The van der Waals surface area contributed by atoms with Crippen LogP contribution in [0, 0.1) is 17.8 Å². The number of nitrogens with zero attached hydrogens (tertiary/aromatic N) is 1. The van der Waals surface area contributed by atoms with E-state index in [2.05, 4.69) is 4.99 Å². The van der Waals surface area contributed by atoms with Gasteiger partial charge in [-0.1, -0.05) is 173 Å². The molecule has 19 nitrogen and oxygen atoms in total. The van der Waals surface area contributed by atoms with Crippen molar-refractivity contribution in [3.05, 3.63) is 157 Å². The van der Waals surface area contributed by atoms with Crippen LogP contribution in [-0.4, -0.2) is 177 Å². The van der Waals surface area contributed by atoms with Gasteiger partial charge in [0.25, 0.3) is 0 Å². The van der Waals surface area contributed by atoms with Gasteiger partial charge in [-0.05, 0) is 64.7 Å². The summed E-state index contributed by atoms with van der Waals surface area (Å²) in [5.74, 6) is -3.87. The number of aliphatic imine (C=N–C) groups is 1. The number of hydrogen-bond acceptors (Lipinski definition) is 16. The number of unbranched alkanes of at least 4 members (excludes halogenated alkanes) is 1. The van der Waals surface area contributed by atoms with E-state index in [9.17, 15) is 66.1 Å². The Labute approximate surface area is 486 Å². The maximum Gasteiger partial charge on any atom is 0.331 e. The quantitative estimate of drug-likeness (QED) is 0.00988. The third-order valence-electron chi connectivity index (χ3n) is 13.4. The van der Waals surface area contributed by atoms with Crippen molar-refractivity contribution in [1.82, 2.24) is 0 Å². The molecule has 1 aliphatic heterocycles. The monoisotopic (exact) mass is 1150 g/mol.